The Morgan fingerprint density at radius 2 is 1.81 bits per heavy atom. The molecule has 2 aromatic carbocycles. The zero-order chi connectivity index (χ0) is 18.5. The molecule has 0 fully saturated rings. The van der Waals surface area contributed by atoms with Gasteiger partial charge in [-0.15, -0.1) is 0 Å². The molecule has 26 heavy (non-hydrogen) atoms. The van der Waals surface area contributed by atoms with Crippen LogP contribution in [0.2, 0.25) is 0 Å². The second-order valence-electron chi connectivity index (χ2n) is 5.97. The first kappa shape index (κ1) is 17.4. The molecule has 1 amide bonds. The van der Waals surface area contributed by atoms with Crippen molar-refractivity contribution in [2.75, 3.05) is 0 Å². The zero-order valence-corrected chi connectivity index (χ0v) is 14.3. The van der Waals surface area contributed by atoms with Gasteiger partial charge in [0.25, 0.3) is 11.6 Å². The van der Waals surface area contributed by atoms with Crippen LogP contribution in [-0.2, 0) is 13.1 Å². The Labute approximate surface area is 150 Å². The van der Waals surface area contributed by atoms with Gasteiger partial charge in [0.2, 0.25) is 0 Å². The second-order valence-corrected chi connectivity index (χ2v) is 5.97. The van der Waals surface area contributed by atoms with Crippen LogP contribution in [0.4, 0.5) is 5.69 Å². The van der Waals surface area contributed by atoms with E-state index in [1.54, 1.807) is 11.0 Å². The predicted octanol–water partition coefficient (Wildman–Crippen LogP) is 4.34. The van der Waals surface area contributed by atoms with Crippen molar-refractivity contribution < 1.29 is 14.1 Å². The molecule has 3 rings (SSSR count). The maximum atomic E-state index is 13.0. The summed E-state index contributed by atoms with van der Waals surface area (Å²) in [5.41, 5.74) is 1.14. The van der Waals surface area contributed by atoms with Crippen molar-refractivity contribution >= 4 is 11.6 Å². The van der Waals surface area contributed by atoms with Crippen LogP contribution >= 0.6 is 0 Å². The summed E-state index contributed by atoms with van der Waals surface area (Å²) < 4.78 is 5.60. The van der Waals surface area contributed by atoms with Gasteiger partial charge in [0.15, 0.2) is 0 Å². The number of furan rings is 1. The van der Waals surface area contributed by atoms with Gasteiger partial charge in [-0.25, -0.2) is 0 Å². The minimum atomic E-state index is -0.506. The molecular formula is C20H18N2O4. The average molecular weight is 350 g/mol. The molecule has 0 spiro atoms. The summed E-state index contributed by atoms with van der Waals surface area (Å²) in [6, 6.07) is 19.0. The van der Waals surface area contributed by atoms with Crippen LogP contribution in [-0.4, -0.2) is 15.7 Å². The van der Waals surface area contributed by atoms with Gasteiger partial charge in [-0.2, -0.15) is 0 Å². The number of nitrogens with zero attached hydrogens (tertiary/aromatic N) is 2. The maximum Gasteiger partial charge on any atom is 0.270 e. The van der Waals surface area contributed by atoms with Gasteiger partial charge in [0, 0.05) is 24.2 Å². The number of benzene rings is 2. The van der Waals surface area contributed by atoms with Crippen molar-refractivity contribution in [1.82, 2.24) is 4.90 Å². The summed E-state index contributed by atoms with van der Waals surface area (Å²) in [7, 11) is 0. The fourth-order valence-corrected chi connectivity index (χ4v) is 2.70. The molecule has 0 aliphatic heterocycles. The topological polar surface area (TPSA) is 76.6 Å². The van der Waals surface area contributed by atoms with E-state index in [4.69, 9.17) is 4.42 Å². The van der Waals surface area contributed by atoms with Crippen LogP contribution in [0.25, 0.3) is 0 Å². The summed E-state index contributed by atoms with van der Waals surface area (Å²) in [5, 5.41) is 11.0. The van der Waals surface area contributed by atoms with Gasteiger partial charge in [-0.3, -0.25) is 14.9 Å². The molecule has 0 saturated carbocycles. The van der Waals surface area contributed by atoms with Crippen LogP contribution < -0.4 is 0 Å². The molecule has 0 atom stereocenters. The van der Waals surface area contributed by atoms with Gasteiger partial charge in [-0.1, -0.05) is 36.4 Å². The largest absolute Gasteiger partial charge is 0.464 e. The molecule has 0 N–H and O–H groups in total. The van der Waals surface area contributed by atoms with Gasteiger partial charge in [0.1, 0.15) is 11.5 Å². The summed E-state index contributed by atoms with van der Waals surface area (Å²) in [5.74, 6) is 1.14. The second kappa shape index (κ2) is 7.65. The van der Waals surface area contributed by atoms with E-state index in [-0.39, 0.29) is 23.7 Å². The molecule has 0 aliphatic carbocycles. The van der Waals surface area contributed by atoms with Crippen molar-refractivity contribution in [2.45, 2.75) is 20.0 Å². The molecule has 6 heteroatoms. The van der Waals surface area contributed by atoms with Crippen LogP contribution in [0.1, 0.15) is 27.4 Å². The van der Waals surface area contributed by atoms with Crippen molar-refractivity contribution in [2.24, 2.45) is 0 Å². The molecule has 6 nitrogen and oxygen atoms in total. The van der Waals surface area contributed by atoms with E-state index in [1.807, 2.05) is 49.4 Å². The minimum absolute atomic E-state index is 0.107. The fourth-order valence-electron chi connectivity index (χ4n) is 2.70. The molecule has 0 aliphatic rings. The lowest BCUT2D eigenvalue weighted by atomic mass is 10.1. The van der Waals surface area contributed by atoms with Crippen LogP contribution in [0.15, 0.2) is 71.1 Å². The van der Waals surface area contributed by atoms with Crippen LogP contribution in [0.3, 0.4) is 0 Å². The molecule has 0 saturated heterocycles. The van der Waals surface area contributed by atoms with Crippen LogP contribution in [0, 0.1) is 17.0 Å². The Balaban J connectivity index is 1.89. The average Bonchev–Trinajstić information content (AvgIpc) is 3.06. The summed E-state index contributed by atoms with van der Waals surface area (Å²) in [6.45, 7) is 2.50. The first-order valence-corrected chi connectivity index (χ1v) is 8.16. The van der Waals surface area contributed by atoms with E-state index in [1.165, 1.54) is 18.2 Å². The SMILES string of the molecule is Cc1ccc(CN(Cc2ccccc2)C(=O)c2cccc([N+](=O)[O-])c2)o1. The van der Waals surface area contributed by atoms with Crippen molar-refractivity contribution in [3.63, 3.8) is 0 Å². The van der Waals surface area contributed by atoms with E-state index in [0.717, 1.165) is 11.3 Å². The highest BCUT2D eigenvalue weighted by molar-refractivity contribution is 5.94. The Hall–Kier alpha value is -3.41. The number of non-ortho nitro benzene ring substituents is 1. The maximum absolute atomic E-state index is 13.0. The van der Waals surface area contributed by atoms with E-state index in [2.05, 4.69) is 0 Å². The lowest BCUT2D eigenvalue weighted by molar-refractivity contribution is -0.384. The fraction of sp³-hybridized carbons (Fsp3) is 0.150. The summed E-state index contributed by atoms with van der Waals surface area (Å²) in [6.07, 6.45) is 0. The first-order valence-electron chi connectivity index (χ1n) is 8.16. The molecule has 1 heterocycles. The van der Waals surface area contributed by atoms with Crippen LogP contribution in [0.5, 0.6) is 0 Å². The number of rotatable bonds is 6. The van der Waals surface area contributed by atoms with E-state index < -0.39 is 4.92 Å². The van der Waals surface area contributed by atoms with Crippen molar-refractivity contribution in [3.05, 3.63) is 99.5 Å². The number of nitro benzene ring substituents is 1. The molecule has 0 bridgehead atoms. The Morgan fingerprint density at radius 3 is 2.46 bits per heavy atom. The highest BCUT2D eigenvalue weighted by Crippen LogP contribution is 2.19. The van der Waals surface area contributed by atoms with Gasteiger partial charge >= 0.3 is 0 Å². The number of carbonyl (C=O) groups excluding carboxylic acids is 1. The highest BCUT2D eigenvalue weighted by atomic mass is 16.6. The summed E-state index contributed by atoms with van der Waals surface area (Å²) >= 11 is 0. The standard InChI is InChI=1S/C20H18N2O4/c1-15-10-11-19(26-15)14-21(13-16-6-3-2-4-7-16)20(23)17-8-5-9-18(12-17)22(24)25/h2-12H,13-14H2,1H3. The Kier molecular flexibility index (Phi) is 5.12. The molecule has 1 aromatic heterocycles. The zero-order valence-electron chi connectivity index (χ0n) is 14.3. The number of aryl methyl sites for hydroxylation is 1. The molecular weight excluding hydrogens is 332 g/mol. The van der Waals surface area contributed by atoms with Gasteiger partial charge < -0.3 is 9.32 Å². The smallest absolute Gasteiger partial charge is 0.270 e. The third-order valence-electron chi connectivity index (χ3n) is 3.95. The third-order valence-corrected chi connectivity index (χ3v) is 3.95. The Morgan fingerprint density at radius 1 is 1.04 bits per heavy atom. The summed E-state index contributed by atoms with van der Waals surface area (Å²) in [4.78, 5) is 25.1. The third kappa shape index (κ3) is 4.16. The molecule has 3 aromatic rings. The monoisotopic (exact) mass is 350 g/mol. The first-order chi connectivity index (χ1) is 12.5. The number of carbonyl (C=O) groups is 1. The quantitative estimate of drug-likeness (QED) is 0.489. The molecule has 132 valence electrons. The predicted molar refractivity (Wildman–Crippen MR) is 96.6 cm³/mol. The normalized spacial score (nSPS) is 10.5. The van der Waals surface area contributed by atoms with Gasteiger partial charge in [-0.05, 0) is 30.7 Å². The van der Waals surface area contributed by atoms with E-state index >= 15 is 0 Å². The van der Waals surface area contributed by atoms with E-state index in [0.29, 0.717) is 12.3 Å². The number of hydrogen-bond donors (Lipinski definition) is 0. The number of amides is 1. The highest BCUT2D eigenvalue weighted by Gasteiger charge is 2.20. The lowest BCUT2D eigenvalue weighted by Gasteiger charge is -2.22. The van der Waals surface area contributed by atoms with E-state index in [9.17, 15) is 14.9 Å². The Bertz CT molecular complexity index is 918. The van der Waals surface area contributed by atoms with Gasteiger partial charge in [0.05, 0.1) is 11.5 Å². The lowest BCUT2D eigenvalue weighted by Crippen LogP contribution is -2.30. The molecule has 0 radical (unpaired) electrons. The minimum Gasteiger partial charge on any atom is -0.464 e. The number of nitro groups is 1. The number of hydrogen-bond acceptors (Lipinski definition) is 4. The van der Waals surface area contributed by atoms with Crippen molar-refractivity contribution in [1.29, 1.82) is 0 Å². The van der Waals surface area contributed by atoms with Crippen molar-refractivity contribution in [3.8, 4) is 0 Å². The molecule has 0 unspecified atom stereocenters.